The van der Waals surface area contributed by atoms with Crippen LogP contribution in [0.15, 0.2) is 12.1 Å². The number of phenolic OH excluding ortho intramolecular Hbond substituents is 1. The van der Waals surface area contributed by atoms with E-state index >= 15 is 0 Å². The summed E-state index contributed by atoms with van der Waals surface area (Å²) in [6.07, 6.45) is 0. The van der Waals surface area contributed by atoms with Crippen LogP contribution in [0, 0.1) is 5.82 Å². The first-order valence-electron chi connectivity index (χ1n) is 3.92. The molecule has 0 aliphatic heterocycles. The minimum atomic E-state index is -1.06. The van der Waals surface area contributed by atoms with Crippen molar-refractivity contribution in [1.29, 1.82) is 0 Å². The average Bonchev–Trinajstić information content (AvgIpc) is 2.15. The Balaban J connectivity index is 3.11. The van der Waals surface area contributed by atoms with E-state index in [2.05, 4.69) is 4.74 Å². The minimum Gasteiger partial charge on any atom is -0.504 e. The number of esters is 1. The monoisotopic (exact) mass is 218 g/mol. The number of carbonyl (C=O) groups excluding carboxylic acids is 1. The van der Waals surface area contributed by atoms with E-state index in [1.807, 2.05) is 0 Å². The van der Waals surface area contributed by atoms with E-state index in [-0.39, 0.29) is 17.2 Å². The maximum atomic E-state index is 13.2. The molecule has 0 bridgehead atoms. The predicted octanol–water partition coefficient (Wildman–Crippen LogP) is 2.36. The normalized spacial score (nSPS) is 9.93. The van der Waals surface area contributed by atoms with Crippen LogP contribution in [-0.4, -0.2) is 17.7 Å². The highest BCUT2D eigenvalue weighted by Crippen LogP contribution is 2.28. The van der Waals surface area contributed by atoms with Gasteiger partial charge in [-0.1, -0.05) is 11.6 Å². The van der Waals surface area contributed by atoms with Gasteiger partial charge in [-0.3, -0.25) is 0 Å². The molecule has 1 aromatic rings. The average molecular weight is 219 g/mol. The molecule has 0 heterocycles. The lowest BCUT2D eigenvalue weighted by Gasteiger charge is -2.04. The summed E-state index contributed by atoms with van der Waals surface area (Å²) < 4.78 is 17.8. The van der Waals surface area contributed by atoms with Crippen LogP contribution in [-0.2, 0) is 4.74 Å². The van der Waals surface area contributed by atoms with Crippen LogP contribution in [0.25, 0.3) is 0 Å². The van der Waals surface area contributed by atoms with E-state index in [1.165, 1.54) is 6.07 Å². The summed E-state index contributed by atoms with van der Waals surface area (Å²) in [4.78, 5) is 11.1. The topological polar surface area (TPSA) is 46.5 Å². The van der Waals surface area contributed by atoms with Gasteiger partial charge in [0.2, 0.25) is 0 Å². The predicted molar refractivity (Wildman–Crippen MR) is 49.0 cm³/mol. The smallest absolute Gasteiger partial charge is 0.341 e. The van der Waals surface area contributed by atoms with Crippen LogP contribution in [0.5, 0.6) is 5.75 Å². The zero-order valence-corrected chi connectivity index (χ0v) is 8.14. The van der Waals surface area contributed by atoms with Crippen LogP contribution in [0.3, 0.4) is 0 Å². The number of halogens is 2. The van der Waals surface area contributed by atoms with Gasteiger partial charge in [-0.2, -0.15) is 0 Å². The molecule has 0 aromatic heterocycles. The van der Waals surface area contributed by atoms with Gasteiger partial charge in [0.25, 0.3) is 0 Å². The van der Waals surface area contributed by atoms with Crippen molar-refractivity contribution < 1.29 is 19.0 Å². The number of hydrogen-bond donors (Lipinski definition) is 1. The number of aromatic hydroxyl groups is 1. The van der Waals surface area contributed by atoms with Crippen molar-refractivity contribution in [3.05, 3.63) is 28.5 Å². The molecule has 5 heteroatoms. The Kier molecular flexibility index (Phi) is 3.30. The van der Waals surface area contributed by atoms with Crippen molar-refractivity contribution in [3.63, 3.8) is 0 Å². The highest BCUT2D eigenvalue weighted by molar-refractivity contribution is 6.32. The zero-order chi connectivity index (χ0) is 10.7. The molecule has 0 fully saturated rings. The summed E-state index contributed by atoms with van der Waals surface area (Å²) in [5.74, 6) is -2.62. The first-order valence-corrected chi connectivity index (χ1v) is 4.29. The van der Waals surface area contributed by atoms with Gasteiger partial charge in [0, 0.05) is 0 Å². The largest absolute Gasteiger partial charge is 0.504 e. The Bertz CT molecular complexity index is 365. The summed E-state index contributed by atoms with van der Waals surface area (Å²) in [6, 6.07) is 2.39. The molecule has 0 spiro atoms. The second kappa shape index (κ2) is 4.28. The quantitative estimate of drug-likeness (QED) is 0.776. The summed E-state index contributed by atoms with van der Waals surface area (Å²) in [5.41, 5.74) is -0.325. The van der Waals surface area contributed by atoms with Crippen molar-refractivity contribution in [3.8, 4) is 5.75 Å². The molecule has 1 aromatic carbocycles. The van der Waals surface area contributed by atoms with Crippen molar-refractivity contribution in [2.24, 2.45) is 0 Å². The first kappa shape index (κ1) is 10.8. The third-order valence-electron chi connectivity index (χ3n) is 1.56. The number of carbonyl (C=O) groups is 1. The number of ether oxygens (including phenoxy) is 1. The molecule has 0 amide bonds. The minimum absolute atomic E-state index is 0.141. The number of benzene rings is 1. The Labute approximate surface area is 85.1 Å². The molecule has 1 rings (SSSR count). The molecule has 1 N–H and O–H groups in total. The Morgan fingerprint density at radius 1 is 1.64 bits per heavy atom. The van der Waals surface area contributed by atoms with E-state index in [9.17, 15) is 9.18 Å². The number of rotatable bonds is 2. The lowest BCUT2D eigenvalue weighted by molar-refractivity contribution is 0.0520. The first-order chi connectivity index (χ1) is 6.57. The van der Waals surface area contributed by atoms with Crippen molar-refractivity contribution in [2.75, 3.05) is 6.61 Å². The second-order valence-corrected chi connectivity index (χ2v) is 2.89. The van der Waals surface area contributed by atoms with Crippen molar-refractivity contribution in [2.45, 2.75) is 6.92 Å². The highest BCUT2D eigenvalue weighted by atomic mass is 35.5. The third kappa shape index (κ3) is 1.96. The lowest BCUT2D eigenvalue weighted by Crippen LogP contribution is -2.07. The third-order valence-corrected chi connectivity index (χ3v) is 1.87. The summed E-state index contributed by atoms with van der Waals surface area (Å²) in [6.45, 7) is 1.74. The zero-order valence-electron chi connectivity index (χ0n) is 7.38. The molecule has 0 radical (unpaired) electrons. The molecular formula is C9H8ClFO3. The highest BCUT2D eigenvalue weighted by Gasteiger charge is 2.17. The van der Waals surface area contributed by atoms with Gasteiger partial charge in [0.15, 0.2) is 11.6 Å². The van der Waals surface area contributed by atoms with E-state index in [1.54, 1.807) is 6.92 Å². The number of phenols is 1. The fourth-order valence-electron chi connectivity index (χ4n) is 0.907. The summed E-state index contributed by atoms with van der Waals surface area (Å²) >= 11 is 5.43. The van der Waals surface area contributed by atoms with Crippen molar-refractivity contribution in [1.82, 2.24) is 0 Å². The molecule has 0 aliphatic carbocycles. The van der Waals surface area contributed by atoms with E-state index in [4.69, 9.17) is 16.7 Å². The Hall–Kier alpha value is -1.29. The fourth-order valence-corrected chi connectivity index (χ4v) is 1.05. The Morgan fingerprint density at radius 2 is 2.29 bits per heavy atom. The van der Waals surface area contributed by atoms with Crippen LogP contribution >= 0.6 is 11.6 Å². The molecule has 76 valence electrons. The molecule has 0 saturated carbocycles. The molecular weight excluding hydrogens is 211 g/mol. The van der Waals surface area contributed by atoms with Crippen LogP contribution in [0.2, 0.25) is 5.02 Å². The molecule has 0 saturated heterocycles. The maximum absolute atomic E-state index is 13.2. The fraction of sp³-hybridized carbons (Fsp3) is 0.222. The van der Waals surface area contributed by atoms with Crippen LogP contribution < -0.4 is 0 Å². The van der Waals surface area contributed by atoms with Gasteiger partial charge in [-0.05, 0) is 19.1 Å². The summed E-state index contributed by atoms with van der Waals surface area (Å²) in [5, 5.41) is 8.95. The van der Waals surface area contributed by atoms with Gasteiger partial charge >= 0.3 is 5.97 Å². The Morgan fingerprint density at radius 3 is 2.86 bits per heavy atom. The van der Waals surface area contributed by atoms with E-state index in [0.717, 1.165) is 6.07 Å². The maximum Gasteiger partial charge on any atom is 0.341 e. The second-order valence-electron chi connectivity index (χ2n) is 2.48. The SMILES string of the molecule is CCOC(=O)c1ccc(Cl)c(O)c1F. The van der Waals surface area contributed by atoms with E-state index < -0.39 is 17.5 Å². The molecule has 0 atom stereocenters. The van der Waals surface area contributed by atoms with Crippen LogP contribution in [0.4, 0.5) is 4.39 Å². The van der Waals surface area contributed by atoms with Gasteiger partial charge in [-0.25, -0.2) is 9.18 Å². The summed E-state index contributed by atoms with van der Waals surface area (Å²) in [7, 11) is 0. The van der Waals surface area contributed by atoms with Gasteiger partial charge in [0.1, 0.15) is 0 Å². The van der Waals surface area contributed by atoms with Gasteiger partial charge in [0.05, 0.1) is 17.2 Å². The molecule has 3 nitrogen and oxygen atoms in total. The molecule has 14 heavy (non-hydrogen) atoms. The molecule has 0 aliphatic rings. The van der Waals surface area contributed by atoms with Gasteiger partial charge in [-0.15, -0.1) is 0 Å². The standard InChI is InChI=1S/C9H8ClFO3/c1-2-14-9(13)5-3-4-6(10)8(12)7(5)11/h3-4,12H,2H2,1H3. The van der Waals surface area contributed by atoms with Crippen molar-refractivity contribution >= 4 is 17.6 Å². The van der Waals surface area contributed by atoms with Crippen LogP contribution in [0.1, 0.15) is 17.3 Å². The molecule has 0 unspecified atom stereocenters. The van der Waals surface area contributed by atoms with E-state index in [0.29, 0.717) is 0 Å². The van der Waals surface area contributed by atoms with Gasteiger partial charge < -0.3 is 9.84 Å². The lowest BCUT2D eigenvalue weighted by atomic mass is 10.2. The number of hydrogen-bond acceptors (Lipinski definition) is 3.